The molecule has 1 saturated carbocycles. The smallest absolute Gasteiger partial charge is 0.0611 e. The summed E-state index contributed by atoms with van der Waals surface area (Å²) in [6, 6.07) is 0.713. The van der Waals surface area contributed by atoms with Crippen LogP contribution in [0.2, 0.25) is 0 Å². The number of likely N-dealkylation sites (tertiary alicyclic amines) is 1. The minimum absolute atomic E-state index is 0.198. The van der Waals surface area contributed by atoms with Gasteiger partial charge in [-0.25, -0.2) is 0 Å². The summed E-state index contributed by atoms with van der Waals surface area (Å²) in [5, 5.41) is 0. The van der Waals surface area contributed by atoms with Gasteiger partial charge in [-0.3, -0.25) is 4.90 Å². The van der Waals surface area contributed by atoms with Crippen molar-refractivity contribution < 1.29 is 4.74 Å². The lowest BCUT2D eigenvalue weighted by atomic mass is 9.72. The van der Waals surface area contributed by atoms with Crippen LogP contribution >= 0.6 is 0 Å². The Morgan fingerprint density at radius 2 is 2.17 bits per heavy atom. The Morgan fingerprint density at radius 3 is 2.67 bits per heavy atom. The molecule has 4 nitrogen and oxygen atoms in total. The van der Waals surface area contributed by atoms with E-state index < -0.39 is 0 Å². The van der Waals surface area contributed by atoms with Crippen LogP contribution in [0.1, 0.15) is 32.6 Å². The van der Waals surface area contributed by atoms with Crippen LogP contribution in [0.15, 0.2) is 0 Å². The van der Waals surface area contributed by atoms with Gasteiger partial charge in [0.25, 0.3) is 0 Å². The molecule has 18 heavy (non-hydrogen) atoms. The van der Waals surface area contributed by atoms with Crippen molar-refractivity contribution in [2.24, 2.45) is 5.73 Å². The summed E-state index contributed by atoms with van der Waals surface area (Å²) in [6.45, 7) is 6.03. The molecule has 1 unspecified atom stereocenters. The summed E-state index contributed by atoms with van der Waals surface area (Å²) >= 11 is 0. The maximum Gasteiger partial charge on any atom is 0.0611 e. The summed E-state index contributed by atoms with van der Waals surface area (Å²) in [6.07, 6.45) is 5.30. The molecule has 1 aliphatic heterocycles. The molecule has 0 spiro atoms. The van der Waals surface area contributed by atoms with Crippen LogP contribution in [0, 0.1) is 0 Å². The van der Waals surface area contributed by atoms with Crippen molar-refractivity contribution in [2.75, 3.05) is 40.3 Å². The normalized spacial score (nSPS) is 37.2. The average Bonchev–Trinajstić information content (AvgIpc) is 2.69. The van der Waals surface area contributed by atoms with Gasteiger partial charge in [0.05, 0.1) is 6.10 Å². The van der Waals surface area contributed by atoms with Crippen LogP contribution < -0.4 is 5.73 Å². The van der Waals surface area contributed by atoms with E-state index in [0.717, 1.165) is 32.5 Å². The van der Waals surface area contributed by atoms with Gasteiger partial charge in [0, 0.05) is 31.3 Å². The first kappa shape index (κ1) is 14.3. The molecule has 2 fully saturated rings. The van der Waals surface area contributed by atoms with E-state index in [1.54, 1.807) is 0 Å². The molecule has 0 aromatic rings. The van der Waals surface area contributed by atoms with Crippen molar-refractivity contribution in [2.45, 2.75) is 50.3 Å². The highest BCUT2D eigenvalue weighted by atomic mass is 16.5. The van der Waals surface area contributed by atoms with Crippen molar-refractivity contribution in [3.05, 3.63) is 0 Å². The SMILES string of the molecule is CCOC1CC(CN)(N(C)CC2CCCN2C)C1. The lowest BCUT2D eigenvalue weighted by Gasteiger charge is -2.53. The molecule has 1 heterocycles. The molecule has 0 bridgehead atoms. The fourth-order valence-electron chi connectivity index (χ4n) is 3.50. The first-order chi connectivity index (χ1) is 8.61. The zero-order chi connectivity index (χ0) is 13.2. The Hall–Kier alpha value is -0.160. The summed E-state index contributed by atoms with van der Waals surface area (Å²) in [4.78, 5) is 4.98. The molecule has 4 heteroatoms. The molecular formula is C14H29N3O. The van der Waals surface area contributed by atoms with E-state index >= 15 is 0 Å². The van der Waals surface area contributed by atoms with Gasteiger partial charge in [0.15, 0.2) is 0 Å². The first-order valence-electron chi connectivity index (χ1n) is 7.34. The van der Waals surface area contributed by atoms with Crippen LogP contribution in [0.25, 0.3) is 0 Å². The predicted molar refractivity (Wildman–Crippen MR) is 74.7 cm³/mol. The number of hydrogen-bond acceptors (Lipinski definition) is 4. The summed E-state index contributed by atoms with van der Waals surface area (Å²) in [5.41, 5.74) is 6.22. The van der Waals surface area contributed by atoms with Gasteiger partial charge in [-0.2, -0.15) is 0 Å². The quantitative estimate of drug-likeness (QED) is 0.766. The van der Waals surface area contributed by atoms with E-state index in [4.69, 9.17) is 10.5 Å². The second kappa shape index (κ2) is 5.87. The summed E-state index contributed by atoms with van der Waals surface area (Å²) in [5.74, 6) is 0. The third-order valence-electron chi connectivity index (χ3n) is 4.96. The maximum absolute atomic E-state index is 6.03. The molecule has 2 aliphatic rings. The van der Waals surface area contributed by atoms with Crippen LogP contribution in [0.5, 0.6) is 0 Å². The van der Waals surface area contributed by atoms with Gasteiger partial charge in [0.1, 0.15) is 0 Å². The van der Waals surface area contributed by atoms with Gasteiger partial charge in [-0.05, 0) is 53.2 Å². The Morgan fingerprint density at radius 1 is 1.44 bits per heavy atom. The summed E-state index contributed by atoms with van der Waals surface area (Å²) < 4.78 is 5.68. The second-order valence-corrected chi connectivity index (χ2v) is 6.07. The van der Waals surface area contributed by atoms with Gasteiger partial charge in [-0.15, -0.1) is 0 Å². The third kappa shape index (κ3) is 2.72. The summed E-state index contributed by atoms with van der Waals surface area (Å²) in [7, 11) is 4.48. The zero-order valence-corrected chi connectivity index (χ0v) is 12.2. The van der Waals surface area contributed by atoms with Crippen molar-refractivity contribution in [3.63, 3.8) is 0 Å². The van der Waals surface area contributed by atoms with E-state index in [1.165, 1.54) is 19.4 Å². The number of hydrogen-bond donors (Lipinski definition) is 1. The monoisotopic (exact) mass is 255 g/mol. The highest BCUT2D eigenvalue weighted by molar-refractivity contribution is 5.04. The number of ether oxygens (including phenoxy) is 1. The first-order valence-corrected chi connectivity index (χ1v) is 7.34. The maximum atomic E-state index is 6.03. The van der Waals surface area contributed by atoms with Crippen LogP contribution in [-0.4, -0.2) is 67.8 Å². The fourth-order valence-corrected chi connectivity index (χ4v) is 3.50. The molecule has 2 N–H and O–H groups in total. The topological polar surface area (TPSA) is 41.7 Å². The Bertz CT molecular complexity index is 266. The van der Waals surface area contributed by atoms with Gasteiger partial charge in [0.2, 0.25) is 0 Å². The van der Waals surface area contributed by atoms with Crippen molar-refractivity contribution >= 4 is 0 Å². The Kier molecular flexibility index (Phi) is 4.64. The van der Waals surface area contributed by atoms with Gasteiger partial charge < -0.3 is 15.4 Å². The molecule has 106 valence electrons. The number of rotatable bonds is 6. The van der Waals surface area contributed by atoms with Crippen molar-refractivity contribution in [1.82, 2.24) is 9.80 Å². The van der Waals surface area contributed by atoms with Crippen molar-refractivity contribution in [1.29, 1.82) is 0 Å². The number of nitrogens with two attached hydrogens (primary N) is 1. The average molecular weight is 255 g/mol. The molecule has 0 aromatic carbocycles. The molecule has 0 amide bonds. The van der Waals surface area contributed by atoms with Crippen LogP contribution in [0.4, 0.5) is 0 Å². The molecule has 0 aromatic heterocycles. The molecule has 1 aliphatic carbocycles. The van der Waals surface area contributed by atoms with E-state index in [-0.39, 0.29) is 5.54 Å². The standard InChI is InChI=1S/C14H29N3O/c1-4-18-13-8-14(9-13,11-15)17(3)10-12-6-5-7-16(12)2/h12-13H,4-11,15H2,1-3H3. The second-order valence-electron chi connectivity index (χ2n) is 6.07. The number of likely N-dealkylation sites (N-methyl/N-ethyl adjacent to an activating group) is 2. The van der Waals surface area contributed by atoms with Crippen LogP contribution in [0.3, 0.4) is 0 Å². The fraction of sp³-hybridized carbons (Fsp3) is 1.00. The zero-order valence-electron chi connectivity index (χ0n) is 12.2. The van der Waals surface area contributed by atoms with E-state index in [0.29, 0.717) is 12.1 Å². The molecular weight excluding hydrogens is 226 g/mol. The molecule has 1 saturated heterocycles. The lowest BCUT2D eigenvalue weighted by molar-refractivity contribution is -0.0956. The van der Waals surface area contributed by atoms with E-state index in [1.807, 2.05) is 0 Å². The molecule has 0 radical (unpaired) electrons. The largest absolute Gasteiger partial charge is 0.378 e. The highest BCUT2D eigenvalue weighted by Gasteiger charge is 2.47. The molecule has 2 rings (SSSR count). The predicted octanol–water partition coefficient (Wildman–Crippen LogP) is 0.909. The highest BCUT2D eigenvalue weighted by Crippen LogP contribution is 2.38. The third-order valence-corrected chi connectivity index (χ3v) is 4.96. The minimum atomic E-state index is 0.198. The lowest BCUT2D eigenvalue weighted by Crippen LogP contribution is -2.64. The van der Waals surface area contributed by atoms with Gasteiger partial charge >= 0.3 is 0 Å². The van der Waals surface area contributed by atoms with Crippen molar-refractivity contribution in [3.8, 4) is 0 Å². The van der Waals surface area contributed by atoms with E-state index in [9.17, 15) is 0 Å². The molecule has 1 atom stereocenters. The number of nitrogens with zero attached hydrogens (tertiary/aromatic N) is 2. The van der Waals surface area contributed by atoms with E-state index in [2.05, 4.69) is 30.8 Å². The van der Waals surface area contributed by atoms with Crippen LogP contribution in [-0.2, 0) is 4.74 Å². The minimum Gasteiger partial charge on any atom is -0.378 e. The Labute approximate surface area is 111 Å². The van der Waals surface area contributed by atoms with Gasteiger partial charge in [-0.1, -0.05) is 0 Å². The Balaban J connectivity index is 1.85.